The topological polar surface area (TPSA) is 50.9 Å². The number of hydrogen-bond acceptors (Lipinski definition) is 3. The average Bonchev–Trinajstić information content (AvgIpc) is 2.22. The quantitative estimate of drug-likeness (QED) is 0.554. The normalized spacial score (nSPS) is 10.3. The second kappa shape index (κ2) is 5.41. The fraction of sp³-hybridized carbons (Fsp3) is 0. The molecule has 0 saturated carbocycles. The minimum Gasteiger partial charge on any atom is -0.399 e. The second-order valence-corrected chi connectivity index (χ2v) is 5.82. The van der Waals surface area contributed by atoms with Crippen LogP contribution in [0.5, 0.6) is 0 Å². The van der Waals surface area contributed by atoms with Crippen molar-refractivity contribution < 1.29 is 0 Å². The van der Waals surface area contributed by atoms with Gasteiger partial charge in [-0.3, -0.25) is 0 Å². The lowest BCUT2D eigenvalue weighted by Gasteiger charge is -2.09. The maximum absolute atomic E-state index is 5.85. The SMILES string of the molecule is Nc1cc(Cl)nc(Nc2cc(Br)ccc2I)c1. The summed E-state index contributed by atoms with van der Waals surface area (Å²) in [6, 6.07) is 9.30. The monoisotopic (exact) mass is 423 g/mol. The Morgan fingerprint density at radius 1 is 1.29 bits per heavy atom. The fourth-order valence-corrected chi connectivity index (χ4v) is 2.36. The zero-order valence-corrected chi connectivity index (χ0v) is 13.0. The Hall–Kier alpha value is -0.530. The van der Waals surface area contributed by atoms with Crippen LogP contribution in [0.4, 0.5) is 17.2 Å². The van der Waals surface area contributed by atoms with Crippen LogP contribution in [0.2, 0.25) is 5.15 Å². The largest absolute Gasteiger partial charge is 0.399 e. The van der Waals surface area contributed by atoms with E-state index in [1.54, 1.807) is 12.1 Å². The van der Waals surface area contributed by atoms with Gasteiger partial charge in [-0.25, -0.2) is 4.98 Å². The van der Waals surface area contributed by atoms with Crippen molar-refractivity contribution in [2.45, 2.75) is 0 Å². The highest BCUT2D eigenvalue weighted by Crippen LogP contribution is 2.26. The third-order valence-corrected chi connectivity index (χ3v) is 3.64. The molecule has 0 bridgehead atoms. The van der Waals surface area contributed by atoms with E-state index in [1.165, 1.54) is 0 Å². The summed E-state index contributed by atoms with van der Waals surface area (Å²) >= 11 is 11.5. The summed E-state index contributed by atoms with van der Waals surface area (Å²) in [6.45, 7) is 0. The molecule has 1 heterocycles. The first kappa shape index (κ1) is 12.9. The molecule has 0 radical (unpaired) electrons. The maximum atomic E-state index is 5.85. The third kappa shape index (κ3) is 3.46. The lowest BCUT2D eigenvalue weighted by atomic mass is 10.3. The van der Waals surface area contributed by atoms with E-state index in [0.717, 1.165) is 13.7 Å². The van der Waals surface area contributed by atoms with Crippen molar-refractivity contribution in [1.82, 2.24) is 4.98 Å². The molecule has 88 valence electrons. The molecule has 0 amide bonds. The average molecular weight is 424 g/mol. The predicted molar refractivity (Wildman–Crippen MR) is 83.8 cm³/mol. The maximum Gasteiger partial charge on any atom is 0.134 e. The third-order valence-electron chi connectivity index (χ3n) is 2.01. The van der Waals surface area contributed by atoms with Gasteiger partial charge in [-0.05, 0) is 46.9 Å². The van der Waals surface area contributed by atoms with Crippen LogP contribution >= 0.6 is 50.1 Å². The smallest absolute Gasteiger partial charge is 0.134 e. The second-order valence-electron chi connectivity index (χ2n) is 3.36. The molecular formula is C11H8BrClIN3. The van der Waals surface area contributed by atoms with Gasteiger partial charge >= 0.3 is 0 Å². The molecule has 0 aliphatic carbocycles. The molecule has 0 aliphatic heterocycles. The highest BCUT2D eigenvalue weighted by molar-refractivity contribution is 14.1. The van der Waals surface area contributed by atoms with E-state index in [4.69, 9.17) is 17.3 Å². The lowest BCUT2D eigenvalue weighted by molar-refractivity contribution is 1.30. The summed E-state index contributed by atoms with van der Waals surface area (Å²) in [5, 5.41) is 3.55. The van der Waals surface area contributed by atoms with Gasteiger partial charge in [-0.1, -0.05) is 27.5 Å². The van der Waals surface area contributed by atoms with Gasteiger partial charge in [0.1, 0.15) is 11.0 Å². The van der Waals surface area contributed by atoms with E-state index in [9.17, 15) is 0 Å². The van der Waals surface area contributed by atoms with E-state index >= 15 is 0 Å². The van der Waals surface area contributed by atoms with Gasteiger partial charge in [0.2, 0.25) is 0 Å². The molecule has 0 atom stereocenters. The highest BCUT2D eigenvalue weighted by atomic mass is 127. The van der Waals surface area contributed by atoms with Crippen LogP contribution < -0.4 is 11.1 Å². The van der Waals surface area contributed by atoms with Gasteiger partial charge in [0.25, 0.3) is 0 Å². The predicted octanol–water partition coefficient (Wildman–Crippen LogP) is 4.43. The van der Waals surface area contributed by atoms with Crippen LogP contribution in [0.1, 0.15) is 0 Å². The van der Waals surface area contributed by atoms with Gasteiger partial charge in [0, 0.05) is 19.8 Å². The molecule has 1 aromatic heterocycles. The fourth-order valence-electron chi connectivity index (χ4n) is 1.31. The summed E-state index contributed by atoms with van der Waals surface area (Å²) in [4.78, 5) is 4.16. The van der Waals surface area contributed by atoms with Crippen molar-refractivity contribution in [2.24, 2.45) is 0 Å². The molecule has 2 rings (SSSR count). The van der Waals surface area contributed by atoms with Crippen LogP contribution in [0.25, 0.3) is 0 Å². The molecule has 3 N–H and O–H groups in total. The van der Waals surface area contributed by atoms with Gasteiger partial charge in [0.15, 0.2) is 0 Å². The van der Waals surface area contributed by atoms with Crippen LogP contribution in [0.3, 0.4) is 0 Å². The Labute approximate surface area is 126 Å². The molecule has 0 fully saturated rings. The number of pyridine rings is 1. The number of rotatable bonds is 2. The van der Waals surface area contributed by atoms with Crippen molar-refractivity contribution in [3.05, 3.63) is 43.5 Å². The van der Waals surface area contributed by atoms with E-state index in [1.807, 2.05) is 18.2 Å². The first-order valence-corrected chi connectivity index (χ1v) is 6.95. The number of nitrogens with two attached hydrogens (primary N) is 1. The first-order chi connectivity index (χ1) is 8.04. The van der Waals surface area contributed by atoms with Gasteiger partial charge in [-0.15, -0.1) is 0 Å². The number of nitrogen functional groups attached to an aromatic ring is 1. The number of halogens is 3. The van der Waals surface area contributed by atoms with Crippen molar-refractivity contribution in [3.63, 3.8) is 0 Å². The van der Waals surface area contributed by atoms with Crippen molar-refractivity contribution >= 4 is 67.3 Å². The first-order valence-electron chi connectivity index (χ1n) is 4.70. The molecule has 0 saturated heterocycles. The molecule has 6 heteroatoms. The zero-order chi connectivity index (χ0) is 12.4. The van der Waals surface area contributed by atoms with Crippen molar-refractivity contribution in [3.8, 4) is 0 Å². The Balaban J connectivity index is 2.34. The number of anilines is 3. The summed E-state index contributed by atoms with van der Waals surface area (Å²) < 4.78 is 2.08. The molecule has 2 aromatic rings. The lowest BCUT2D eigenvalue weighted by Crippen LogP contribution is -1.97. The van der Waals surface area contributed by atoms with Crippen LogP contribution in [-0.4, -0.2) is 4.98 Å². The molecule has 17 heavy (non-hydrogen) atoms. The minimum absolute atomic E-state index is 0.373. The number of benzene rings is 1. The summed E-state index contributed by atoms with van der Waals surface area (Å²) in [6.07, 6.45) is 0. The number of hydrogen-bond donors (Lipinski definition) is 2. The zero-order valence-electron chi connectivity index (χ0n) is 8.55. The summed E-state index contributed by atoms with van der Waals surface area (Å²) in [5.74, 6) is 0.631. The van der Waals surface area contributed by atoms with E-state index in [2.05, 4.69) is 48.8 Å². The molecular weight excluding hydrogens is 416 g/mol. The van der Waals surface area contributed by atoms with Crippen molar-refractivity contribution in [2.75, 3.05) is 11.1 Å². The van der Waals surface area contributed by atoms with E-state index < -0.39 is 0 Å². The Bertz CT molecular complexity index is 542. The van der Waals surface area contributed by atoms with Crippen LogP contribution in [0.15, 0.2) is 34.8 Å². The van der Waals surface area contributed by atoms with Gasteiger partial charge in [-0.2, -0.15) is 0 Å². The van der Waals surface area contributed by atoms with Gasteiger partial charge < -0.3 is 11.1 Å². The van der Waals surface area contributed by atoms with Gasteiger partial charge in [0.05, 0.1) is 5.69 Å². The Kier molecular flexibility index (Phi) is 4.11. The minimum atomic E-state index is 0.373. The molecule has 3 nitrogen and oxygen atoms in total. The number of aromatic nitrogens is 1. The van der Waals surface area contributed by atoms with E-state index in [0.29, 0.717) is 16.7 Å². The Morgan fingerprint density at radius 2 is 2.06 bits per heavy atom. The number of nitrogens with one attached hydrogen (secondary N) is 1. The summed E-state index contributed by atoms with van der Waals surface area (Å²) in [5.41, 5.74) is 7.24. The number of nitrogens with zero attached hydrogens (tertiary/aromatic N) is 1. The molecule has 0 aliphatic rings. The Morgan fingerprint density at radius 3 is 2.76 bits per heavy atom. The van der Waals surface area contributed by atoms with Crippen LogP contribution in [0, 0.1) is 3.57 Å². The van der Waals surface area contributed by atoms with Crippen LogP contribution in [-0.2, 0) is 0 Å². The molecule has 1 aromatic carbocycles. The van der Waals surface area contributed by atoms with Crippen molar-refractivity contribution in [1.29, 1.82) is 0 Å². The highest BCUT2D eigenvalue weighted by Gasteiger charge is 2.04. The standard InChI is InChI=1S/C11H8BrClIN3/c12-6-1-2-8(14)9(3-6)16-11-5-7(15)4-10(13)17-11/h1-5H,(H3,15,16,17). The molecule has 0 unspecified atom stereocenters. The summed E-state index contributed by atoms with van der Waals surface area (Å²) in [7, 11) is 0. The molecule has 0 spiro atoms. The van der Waals surface area contributed by atoms with E-state index in [-0.39, 0.29) is 0 Å².